The van der Waals surface area contributed by atoms with Crippen molar-refractivity contribution in [1.82, 2.24) is 14.5 Å². The summed E-state index contributed by atoms with van der Waals surface area (Å²) < 4.78 is 34.3. The molecule has 2 rings (SSSR count). The second-order valence-corrected chi connectivity index (χ2v) is 6.59. The number of nitrogens with one attached hydrogen (secondary N) is 1. The maximum atomic E-state index is 12.3. The van der Waals surface area contributed by atoms with Gasteiger partial charge >= 0.3 is 0 Å². The van der Waals surface area contributed by atoms with E-state index < -0.39 is 10.0 Å². The first-order valence-corrected chi connectivity index (χ1v) is 8.70. The summed E-state index contributed by atoms with van der Waals surface area (Å²) in [5.41, 5.74) is 1.70. The SMILES string of the molecule is CCOc1ccc(S(=O)(=O)NCc2cn(CC)nc2C)cc1. The van der Waals surface area contributed by atoms with Crippen molar-refractivity contribution < 1.29 is 13.2 Å². The molecule has 0 aliphatic rings. The molecule has 0 saturated heterocycles. The molecule has 0 atom stereocenters. The minimum absolute atomic E-state index is 0.219. The Morgan fingerprint density at radius 3 is 2.45 bits per heavy atom. The lowest BCUT2D eigenvalue weighted by Gasteiger charge is -2.07. The Morgan fingerprint density at radius 1 is 1.23 bits per heavy atom. The van der Waals surface area contributed by atoms with Crippen molar-refractivity contribution in [2.75, 3.05) is 6.61 Å². The summed E-state index contributed by atoms with van der Waals surface area (Å²) in [5, 5.41) is 4.30. The van der Waals surface area contributed by atoms with Crippen molar-refractivity contribution in [1.29, 1.82) is 0 Å². The lowest BCUT2D eigenvalue weighted by molar-refractivity contribution is 0.340. The van der Waals surface area contributed by atoms with E-state index in [1.165, 1.54) is 12.1 Å². The summed E-state index contributed by atoms with van der Waals surface area (Å²) in [5.74, 6) is 0.654. The first kappa shape index (κ1) is 16.5. The lowest BCUT2D eigenvalue weighted by Crippen LogP contribution is -2.23. The van der Waals surface area contributed by atoms with Crippen LogP contribution in [0.4, 0.5) is 0 Å². The summed E-state index contributed by atoms with van der Waals surface area (Å²) in [7, 11) is -3.55. The molecule has 1 heterocycles. The molecule has 0 saturated carbocycles. The zero-order valence-electron chi connectivity index (χ0n) is 13.0. The molecule has 7 heteroatoms. The normalized spacial score (nSPS) is 11.6. The highest BCUT2D eigenvalue weighted by Gasteiger charge is 2.15. The molecular weight excluding hydrogens is 302 g/mol. The molecule has 0 unspecified atom stereocenters. The number of rotatable bonds is 7. The predicted molar refractivity (Wildman–Crippen MR) is 84.3 cm³/mol. The number of aryl methyl sites for hydroxylation is 2. The Bertz CT molecular complexity index is 721. The predicted octanol–water partition coefficient (Wildman–Crippen LogP) is 2.09. The number of hydrogen-bond acceptors (Lipinski definition) is 4. The van der Waals surface area contributed by atoms with Gasteiger partial charge in [-0.1, -0.05) is 0 Å². The largest absolute Gasteiger partial charge is 0.494 e. The Labute approximate surface area is 131 Å². The van der Waals surface area contributed by atoms with Crippen molar-refractivity contribution in [2.45, 2.75) is 38.8 Å². The molecule has 0 aliphatic carbocycles. The Balaban J connectivity index is 2.08. The van der Waals surface area contributed by atoms with Gasteiger partial charge < -0.3 is 4.74 Å². The van der Waals surface area contributed by atoms with Crippen LogP contribution in [0.15, 0.2) is 35.4 Å². The molecular formula is C15H21N3O3S. The summed E-state index contributed by atoms with van der Waals surface area (Å²) in [4.78, 5) is 0.219. The molecule has 0 fully saturated rings. The minimum atomic E-state index is -3.55. The van der Waals surface area contributed by atoms with Gasteiger partial charge in [-0.2, -0.15) is 5.10 Å². The van der Waals surface area contributed by atoms with Crippen LogP contribution in [0, 0.1) is 6.92 Å². The van der Waals surface area contributed by atoms with Crippen molar-refractivity contribution >= 4 is 10.0 Å². The smallest absolute Gasteiger partial charge is 0.240 e. The molecule has 0 spiro atoms. The molecule has 2 aromatic rings. The molecule has 0 amide bonds. The number of ether oxygens (including phenoxy) is 1. The van der Waals surface area contributed by atoms with Gasteiger partial charge in [0, 0.05) is 24.8 Å². The third kappa shape index (κ3) is 3.86. The zero-order valence-corrected chi connectivity index (χ0v) is 13.9. The average Bonchev–Trinajstić information content (AvgIpc) is 2.87. The zero-order chi connectivity index (χ0) is 16.2. The summed E-state index contributed by atoms with van der Waals surface area (Å²) in [6, 6.07) is 6.38. The number of hydrogen-bond donors (Lipinski definition) is 1. The van der Waals surface area contributed by atoms with Crippen molar-refractivity contribution in [3.05, 3.63) is 41.7 Å². The maximum Gasteiger partial charge on any atom is 0.240 e. The van der Waals surface area contributed by atoms with Crippen LogP contribution in [0.25, 0.3) is 0 Å². The third-order valence-electron chi connectivity index (χ3n) is 3.27. The number of sulfonamides is 1. The highest BCUT2D eigenvalue weighted by Crippen LogP contribution is 2.16. The van der Waals surface area contributed by atoms with Crippen molar-refractivity contribution in [3.8, 4) is 5.75 Å². The van der Waals surface area contributed by atoms with Crippen LogP contribution in [0.5, 0.6) is 5.75 Å². The van der Waals surface area contributed by atoms with E-state index in [0.717, 1.165) is 17.8 Å². The van der Waals surface area contributed by atoms with E-state index in [1.54, 1.807) is 16.8 Å². The molecule has 1 aromatic heterocycles. The van der Waals surface area contributed by atoms with Gasteiger partial charge in [0.15, 0.2) is 0 Å². The molecule has 6 nitrogen and oxygen atoms in total. The topological polar surface area (TPSA) is 73.2 Å². The fourth-order valence-electron chi connectivity index (χ4n) is 2.03. The fraction of sp³-hybridized carbons (Fsp3) is 0.400. The fourth-order valence-corrected chi connectivity index (χ4v) is 3.04. The first-order valence-electron chi connectivity index (χ1n) is 7.21. The van der Waals surface area contributed by atoms with Gasteiger partial charge in [-0.05, 0) is 45.0 Å². The van der Waals surface area contributed by atoms with Gasteiger partial charge in [0.25, 0.3) is 0 Å². The van der Waals surface area contributed by atoms with E-state index in [2.05, 4.69) is 9.82 Å². The van der Waals surface area contributed by atoms with Crippen LogP contribution in [0.1, 0.15) is 25.1 Å². The quantitative estimate of drug-likeness (QED) is 0.847. The minimum Gasteiger partial charge on any atom is -0.494 e. The highest BCUT2D eigenvalue weighted by atomic mass is 32.2. The molecule has 120 valence electrons. The Kier molecular flexibility index (Phi) is 5.20. The van der Waals surface area contributed by atoms with Crippen LogP contribution in [0.3, 0.4) is 0 Å². The van der Waals surface area contributed by atoms with E-state index in [9.17, 15) is 8.42 Å². The number of nitrogens with zero attached hydrogens (tertiary/aromatic N) is 2. The molecule has 1 aromatic carbocycles. The summed E-state index contributed by atoms with van der Waals surface area (Å²) in [6.07, 6.45) is 1.86. The van der Waals surface area contributed by atoms with Crippen LogP contribution in [0.2, 0.25) is 0 Å². The Hall–Kier alpha value is -1.86. The van der Waals surface area contributed by atoms with Gasteiger partial charge in [0.05, 0.1) is 17.2 Å². The van der Waals surface area contributed by atoms with E-state index >= 15 is 0 Å². The molecule has 0 bridgehead atoms. The van der Waals surface area contributed by atoms with E-state index in [0.29, 0.717) is 12.4 Å². The van der Waals surface area contributed by atoms with E-state index in [1.807, 2.05) is 27.0 Å². The van der Waals surface area contributed by atoms with Crippen LogP contribution < -0.4 is 9.46 Å². The third-order valence-corrected chi connectivity index (χ3v) is 4.69. The van der Waals surface area contributed by atoms with Gasteiger partial charge in [-0.15, -0.1) is 0 Å². The van der Waals surface area contributed by atoms with Gasteiger partial charge in [-0.3, -0.25) is 4.68 Å². The number of benzene rings is 1. The van der Waals surface area contributed by atoms with E-state index in [-0.39, 0.29) is 11.4 Å². The van der Waals surface area contributed by atoms with Crippen molar-refractivity contribution in [2.24, 2.45) is 0 Å². The molecule has 0 radical (unpaired) electrons. The molecule has 22 heavy (non-hydrogen) atoms. The van der Waals surface area contributed by atoms with Crippen LogP contribution in [-0.2, 0) is 23.1 Å². The molecule has 0 aliphatic heterocycles. The highest BCUT2D eigenvalue weighted by molar-refractivity contribution is 7.89. The van der Waals surface area contributed by atoms with Crippen LogP contribution >= 0.6 is 0 Å². The van der Waals surface area contributed by atoms with Crippen LogP contribution in [-0.4, -0.2) is 24.8 Å². The maximum absolute atomic E-state index is 12.3. The molecule has 1 N–H and O–H groups in total. The van der Waals surface area contributed by atoms with Gasteiger partial charge in [-0.25, -0.2) is 13.1 Å². The summed E-state index contributed by atoms with van der Waals surface area (Å²) >= 11 is 0. The first-order chi connectivity index (χ1) is 10.5. The number of aromatic nitrogens is 2. The van der Waals surface area contributed by atoms with Crippen molar-refractivity contribution in [3.63, 3.8) is 0 Å². The Morgan fingerprint density at radius 2 is 1.91 bits per heavy atom. The second-order valence-electron chi connectivity index (χ2n) is 4.82. The second kappa shape index (κ2) is 6.93. The lowest BCUT2D eigenvalue weighted by atomic mass is 10.3. The van der Waals surface area contributed by atoms with Gasteiger partial charge in [0.2, 0.25) is 10.0 Å². The van der Waals surface area contributed by atoms with Gasteiger partial charge in [0.1, 0.15) is 5.75 Å². The average molecular weight is 323 g/mol. The monoisotopic (exact) mass is 323 g/mol. The summed E-state index contributed by atoms with van der Waals surface area (Å²) in [6.45, 7) is 7.26. The standard InChI is InChI=1S/C15H21N3O3S/c1-4-18-11-13(12(3)17-18)10-16-22(19,20)15-8-6-14(7-9-15)21-5-2/h6-9,11,16H,4-5,10H2,1-3H3. The van der Waals surface area contributed by atoms with E-state index in [4.69, 9.17) is 4.74 Å².